The quantitative estimate of drug-likeness (QED) is 0.822. The first-order valence-electron chi connectivity index (χ1n) is 6.40. The Morgan fingerprint density at radius 1 is 1.53 bits per heavy atom. The highest BCUT2D eigenvalue weighted by atomic mass is 16.3. The van der Waals surface area contributed by atoms with Crippen molar-refractivity contribution < 1.29 is 5.11 Å². The van der Waals surface area contributed by atoms with Crippen LogP contribution in [0.4, 0.5) is 0 Å². The highest BCUT2D eigenvalue weighted by Gasteiger charge is 2.23. The molecule has 96 valence electrons. The largest absolute Gasteiger partial charge is 0.392 e. The van der Waals surface area contributed by atoms with Crippen molar-refractivity contribution >= 4 is 0 Å². The third-order valence-corrected chi connectivity index (χ3v) is 3.34. The van der Waals surface area contributed by atoms with Crippen LogP contribution in [0, 0.1) is 0 Å². The minimum Gasteiger partial charge on any atom is -0.392 e. The molecule has 4 nitrogen and oxygen atoms in total. The van der Waals surface area contributed by atoms with Crippen LogP contribution in [0.2, 0.25) is 0 Å². The molecule has 1 atom stereocenters. The number of β-amino-alcohol motifs (C(OH)–C–C–N with tert-alkyl or cyclic N) is 1. The van der Waals surface area contributed by atoms with E-state index in [9.17, 15) is 5.11 Å². The summed E-state index contributed by atoms with van der Waals surface area (Å²) < 4.78 is 0. The van der Waals surface area contributed by atoms with Gasteiger partial charge >= 0.3 is 0 Å². The maximum absolute atomic E-state index is 9.67. The first-order valence-corrected chi connectivity index (χ1v) is 6.40. The summed E-state index contributed by atoms with van der Waals surface area (Å²) in [5.41, 5.74) is 2.56. The lowest BCUT2D eigenvalue weighted by Crippen LogP contribution is -2.38. The molecule has 1 fully saturated rings. The number of nitrogens with one attached hydrogen (secondary N) is 1. The van der Waals surface area contributed by atoms with Crippen molar-refractivity contribution in [2.24, 2.45) is 0 Å². The lowest BCUT2D eigenvalue weighted by Gasteiger charge is -2.30. The molecule has 0 aromatic carbocycles. The second kappa shape index (κ2) is 4.78. The summed E-state index contributed by atoms with van der Waals surface area (Å²) in [4.78, 5) is 2.31. The SMILES string of the molecule is CC(C)(C)c1[nH]ncc1CN1CCCC(O)C1. The molecule has 1 aromatic rings. The van der Waals surface area contributed by atoms with Crippen molar-refractivity contribution in [3.8, 4) is 0 Å². The van der Waals surface area contributed by atoms with Crippen LogP contribution in [0.1, 0.15) is 44.9 Å². The fourth-order valence-electron chi connectivity index (χ4n) is 2.50. The highest BCUT2D eigenvalue weighted by Crippen LogP contribution is 2.25. The highest BCUT2D eigenvalue weighted by molar-refractivity contribution is 5.23. The van der Waals surface area contributed by atoms with E-state index in [0.717, 1.165) is 32.5 Å². The predicted octanol–water partition coefficient (Wildman–Crippen LogP) is 1.66. The molecule has 0 spiro atoms. The van der Waals surface area contributed by atoms with Crippen LogP contribution in [-0.4, -0.2) is 39.4 Å². The van der Waals surface area contributed by atoms with Gasteiger partial charge in [-0.3, -0.25) is 10.00 Å². The third kappa shape index (κ3) is 3.07. The van der Waals surface area contributed by atoms with E-state index in [1.807, 2.05) is 6.20 Å². The lowest BCUT2D eigenvalue weighted by atomic mass is 9.89. The minimum absolute atomic E-state index is 0.0975. The van der Waals surface area contributed by atoms with E-state index in [0.29, 0.717) is 0 Å². The van der Waals surface area contributed by atoms with Gasteiger partial charge in [-0.05, 0) is 19.4 Å². The Balaban J connectivity index is 2.06. The molecule has 1 unspecified atom stereocenters. The van der Waals surface area contributed by atoms with Crippen LogP contribution in [0.25, 0.3) is 0 Å². The molecule has 1 aromatic heterocycles. The van der Waals surface area contributed by atoms with Gasteiger partial charge in [0.15, 0.2) is 0 Å². The van der Waals surface area contributed by atoms with Crippen molar-refractivity contribution in [3.63, 3.8) is 0 Å². The van der Waals surface area contributed by atoms with Crippen LogP contribution in [0.3, 0.4) is 0 Å². The fourth-order valence-corrected chi connectivity index (χ4v) is 2.50. The summed E-state index contributed by atoms with van der Waals surface area (Å²) in [5.74, 6) is 0. The van der Waals surface area contributed by atoms with E-state index in [-0.39, 0.29) is 11.5 Å². The normalized spacial score (nSPS) is 22.9. The van der Waals surface area contributed by atoms with Crippen molar-refractivity contribution in [1.29, 1.82) is 0 Å². The summed E-state index contributed by atoms with van der Waals surface area (Å²) in [7, 11) is 0. The van der Waals surface area contributed by atoms with E-state index in [1.54, 1.807) is 0 Å². The number of aliphatic hydroxyl groups excluding tert-OH is 1. The van der Waals surface area contributed by atoms with E-state index in [4.69, 9.17) is 0 Å². The average Bonchev–Trinajstić information content (AvgIpc) is 2.65. The van der Waals surface area contributed by atoms with Gasteiger partial charge in [0.1, 0.15) is 0 Å². The van der Waals surface area contributed by atoms with Crippen LogP contribution >= 0.6 is 0 Å². The molecule has 1 aliphatic heterocycles. The number of H-pyrrole nitrogens is 1. The van der Waals surface area contributed by atoms with E-state index >= 15 is 0 Å². The molecule has 17 heavy (non-hydrogen) atoms. The number of nitrogens with zero attached hydrogens (tertiary/aromatic N) is 2. The zero-order valence-corrected chi connectivity index (χ0v) is 11.0. The molecule has 0 aliphatic carbocycles. The fraction of sp³-hybridized carbons (Fsp3) is 0.769. The maximum Gasteiger partial charge on any atom is 0.0667 e. The van der Waals surface area contributed by atoms with E-state index in [2.05, 4.69) is 35.9 Å². The Labute approximate surface area is 103 Å². The lowest BCUT2D eigenvalue weighted by molar-refractivity contribution is 0.0666. The summed E-state index contributed by atoms with van der Waals surface area (Å²) in [6, 6.07) is 0. The molecule has 1 aliphatic rings. The topological polar surface area (TPSA) is 52.2 Å². The monoisotopic (exact) mass is 237 g/mol. The van der Waals surface area contributed by atoms with Gasteiger partial charge in [0, 0.05) is 29.8 Å². The van der Waals surface area contributed by atoms with Crippen molar-refractivity contribution in [2.45, 2.75) is 51.7 Å². The summed E-state index contributed by atoms with van der Waals surface area (Å²) in [6.45, 7) is 9.32. The van der Waals surface area contributed by atoms with Gasteiger partial charge in [-0.25, -0.2) is 0 Å². The first-order chi connectivity index (χ1) is 7.97. The summed E-state index contributed by atoms with van der Waals surface area (Å²) >= 11 is 0. The smallest absolute Gasteiger partial charge is 0.0667 e. The van der Waals surface area contributed by atoms with Gasteiger partial charge in [-0.15, -0.1) is 0 Å². The Morgan fingerprint density at radius 2 is 2.29 bits per heavy atom. The number of aliphatic hydroxyl groups is 1. The first kappa shape index (κ1) is 12.6. The predicted molar refractivity (Wildman–Crippen MR) is 67.8 cm³/mol. The second-order valence-corrected chi connectivity index (χ2v) is 6.05. The molecule has 0 saturated carbocycles. The molecule has 0 bridgehead atoms. The Kier molecular flexibility index (Phi) is 3.54. The molecule has 2 heterocycles. The van der Waals surface area contributed by atoms with Crippen LogP contribution in [-0.2, 0) is 12.0 Å². The molecule has 2 N–H and O–H groups in total. The number of hydrogen-bond acceptors (Lipinski definition) is 3. The second-order valence-electron chi connectivity index (χ2n) is 6.05. The minimum atomic E-state index is -0.159. The van der Waals surface area contributed by atoms with Crippen LogP contribution in [0.15, 0.2) is 6.20 Å². The molecule has 0 radical (unpaired) electrons. The van der Waals surface area contributed by atoms with Crippen molar-refractivity contribution in [1.82, 2.24) is 15.1 Å². The van der Waals surface area contributed by atoms with Crippen molar-refractivity contribution in [2.75, 3.05) is 13.1 Å². The number of likely N-dealkylation sites (tertiary alicyclic amines) is 1. The molecular formula is C13H23N3O. The van der Waals surface area contributed by atoms with Gasteiger partial charge in [0.25, 0.3) is 0 Å². The molecule has 0 amide bonds. The summed E-state index contributed by atoms with van der Waals surface area (Å²) in [6.07, 6.45) is 3.79. The molecule has 1 saturated heterocycles. The average molecular weight is 237 g/mol. The zero-order chi connectivity index (χ0) is 12.5. The van der Waals surface area contributed by atoms with Gasteiger partial charge in [0.2, 0.25) is 0 Å². The maximum atomic E-state index is 9.67. The Morgan fingerprint density at radius 3 is 2.94 bits per heavy atom. The number of piperidine rings is 1. The van der Waals surface area contributed by atoms with Gasteiger partial charge in [0.05, 0.1) is 12.3 Å². The zero-order valence-electron chi connectivity index (χ0n) is 11.0. The number of aromatic amines is 1. The van der Waals surface area contributed by atoms with Crippen molar-refractivity contribution in [3.05, 3.63) is 17.5 Å². The molecule has 4 heteroatoms. The summed E-state index contributed by atoms with van der Waals surface area (Å²) in [5, 5.41) is 16.9. The molecule has 2 rings (SSSR count). The van der Waals surface area contributed by atoms with Gasteiger partial charge in [-0.2, -0.15) is 5.10 Å². The Bertz CT molecular complexity index is 367. The standard InChI is InChI=1S/C13H23N3O/c1-13(2,3)12-10(7-14-15-12)8-16-6-4-5-11(17)9-16/h7,11,17H,4-6,8-9H2,1-3H3,(H,14,15). The third-order valence-electron chi connectivity index (χ3n) is 3.34. The van der Waals surface area contributed by atoms with Crippen LogP contribution < -0.4 is 0 Å². The van der Waals surface area contributed by atoms with Gasteiger partial charge < -0.3 is 5.11 Å². The van der Waals surface area contributed by atoms with E-state index in [1.165, 1.54) is 11.3 Å². The molecular weight excluding hydrogens is 214 g/mol. The number of aromatic nitrogens is 2. The number of rotatable bonds is 2. The van der Waals surface area contributed by atoms with E-state index < -0.39 is 0 Å². The van der Waals surface area contributed by atoms with Crippen LogP contribution in [0.5, 0.6) is 0 Å². The Hall–Kier alpha value is -0.870. The number of hydrogen-bond donors (Lipinski definition) is 2. The van der Waals surface area contributed by atoms with Gasteiger partial charge in [-0.1, -0.05) is 20.8 Å².